The van der Waals surface area contributed by atoms with Gasteiger partial charge in [-0.1, -0.05) is 34.1 Å². The van der Waals surface area contributed by atoms with Crippen LogP contribution in [-0.2, 0) is 11.3 Å². The Hall–Kier alpha value is -0.580. The molecule has 2 unspecified atom stereocenters. The van der Waals surface area contributed by atoms with E-state index >= 15 is 0 Å². The Morgan fingerprint density at radius 1 is 1.39 bits per heavy atom. The molecule has 1 amide bonds. The minimum absolute atomic E-state index is 0. The lowest BCUT2D eigenvalue weighted by Crippen LogP contribution is -2.30. The number of carbonyl (C=O) groups is 1. The molecule has 1 saturated carbocycles. The molecule has 1 aromatic rings. The fourth-order valence-electron chi connectivity index (χ4n) is 2.22. The van der Waals surface area contributed by atoms with Crippen molar-refractivity contribution < 1.29 is 4.79 Å². The average Bonchev–Trinajstić information content (AvgIpc) is 2.74. The lowest BCUT2D eigenvalue weighted by atomic mass is 10.1. The first-order valence-electron chi connectivity index (χ1n) is 5.93. The molecule has 0 radical (unpaired) electrons. The van der Waals surface area contributed by atoms with Gasteiger partial charge in [0, 0.05) is 23.0 Å². The molecule has 1 aliphatic carbocycles. The lowest BCUT2D eigenvalue weighted by molar-refractivity contribution is -0.125. The van der Waals surface area contributed by atoms with Gasteiger partial charge in [-0.2, -0.15) is 0 Å². The summed E-state index contributed by atoms with van der Waals surface area (Å²) >= 11 is 3.47. The molecule has 0 bridgehead atoms. The zero-order chi connectivity index (χ0) is 12.3. The van der Waals surface area contributed by atoms with Gasteiger partial charge in [-0.15, -0.1) is 12.4 Å². The Morgan fingerprint density at radius 2 is 2.11 bits per heavy atom. The van der Waals surface area contributed by atoms with Crippen LogP contribution in [0.25, 0.3) is 0 Å². The van der Waals surface area contributed by atoms with Gasteiger partial charge in [0.15, 0.2) is 0 Å². The van der Waals surface area contributed by atoms with Crippen LogP contribution in [0, 0.1) is 5.92 Å². The van der Waals surface area contributed by atoms with Crippen molar-refractivity contribution in [2.45, 2.75) is 31.8 Å². The molecular formula is C13H18BrClN2O. The molecular weight excluding hydrogens is 316 g/mol. The van der Waals surface area contributed by atoms with Crippen molar-refractivity contribution in [1.82, 2.24) is 5.32 Å². The van der Waals surface area contributed by atoms with Crippen molar-refractivity contribution in [3.8, 4) is 0 Å². The van der Waals surface area contributed by atoms with Crippen molar-refractivity contribution in [2.75, 3.05) is 0 Å². The van der Waals surface area contributed by atoms with Gasteiger partial charge in [-0.3, -0.25) is 4.79 Å². The number of hydrogen-bond donors (Lipinski definition) is 2. The van der Waals surface area contributed by atoms with Gasteiger partial charge in [0.1, 0.15) is 0 Å². The third-order valence-corrected chi connectivity index (χ3v) is 4.03. The van der Waals surface area contributed by atoms with E-state index in [-0.39, 0.29) is 30.3 Å². The molecule has 3 nitrogen and oxygen atoms in total. The highest BCUT2D eigenvalue weighted by Gasteiger charge is 2.27. The highest BCUT2D eigenvalue weighted by molar-refractivity contribution is 9.10. The Kier molecular flexibility index (Phi) is 6.12. The number of rotatable bonds is 3. The fourth-order valence-corrected chi connectivity index (χ4v) is 2.65. The molecule has 100 valence electrons. The van der Waals surface area contributed by atoms with E-state index in [0.717, 1.165) is 29.3 Å². The SMILES string of the molecule is Cl.NC1CCC(C(=O)NCc2ccccc2Br)C1. The van der Waals surface area contributed by atoms with E-state index in [2.05, 4.69) is 21.2 Å². The van der Waals surface area contributed by atoms with Crippen molar-refractivity contribution >= 4 is 34.2 Å². The van der Waals surface area contributed by atoms with Crippen LogP contribution in [0.4, 0.5) is 0 Å². The van der Waals surface area contributed by atoms with E-state index < -0.39 is 0 Å². The van der Waals surface area contributed by atoms with Crippen molar-refractivity contribution in [1.29, 1.82) is 0 Å². The number of carbonyl (C=O) groups excluding carboxylic acids is 1. The van der Waals surface area contributed by atoms with Crippen molar-refractivity contribution in [2.24, 2.45) is 11.7 Å². The van der Waals surface area contributed by atoms with Gasteiger partial charge >= 0.3 is 0 Å². The maximum atomic E-state index is 11.9. The topological polar surface area (TPSA) is 55.1 Å². The monoisotopic (exact) mass is 332 g/mol. The molecule has 0 aliphatic heterocycles. The summed E-state index contributed by atoms with van der Waals surface area (Å²) in [5.41, 5.74) is 6.91. The molecule has 0 saturated heterocycles. The molecule has 1 fully saturated rings. The Balaban J connectivity index is 0.00000162. The molecule has 5 heteroatoms. The zero-order valence-electron chi connectivity index (χ0n) is 10.1. The quantitative estimate of drug-likeness (QED) is 0.893. The molecule has 1 aromatic carbocycles. The minimum Gasteiger partial charge on any atom is -0.352 e. The van der Waals surface area contributed by atoms with Crippen LogP contribution >= 0.6 is 28.3 Å². The van der Waals surface area contributed by atoms with E-state index in [1.54, 1.807) is 0 Å². The van der Waals surface area contributed by atoms with Gasteiger partial charge in [0.2, 0.25) is 5.91 Å². The number of hydrogen-bond acceptors (Lipinski definition) is 2. The number of amides is 1. The third-order valence-electron chi connectivity index (χ3n) is 3.25. The standard InChI is InChI=1S/C13H17BrN2O.ClH/c14-12-4-2-1-3-10(12)8-16-13(17)9-5-6-11(15)7-9;/h1-4,9,11H,5-8,15H2,(H,16,17);1H. The summed E-state index contributed by atoms with van der Waals surface area (Å²) in [5, 5.41) is 2.98. The highest BCUT2D eigenvalue weighted by atomic mass is 79.9. The minimum atomic E-state index is 0. The second-order valence-corrected chi connectivity index (χ2v) is 5.43. The predicted molar refractivity (Wildman–Crippen MR) is 78.6 cm³/mol. The molecule has 2 atom stereocenters. The van der Waals surface area contributed by atoms with Crippen LogP contribution in [0.5, 0.6) is 0 Å². The van der Waals surface area contributed by atoms with E-state index in [0.29, 0.717) is 6.54 Å². The first-order chi connectivity index (χ1) is 8.16. The molecule has 0 heterocycles. The maximum absolute atomic E-state index is 11.9. The van der Waals surface area contributed by atoms with Gasteiger partial charge in [0.25, 0.3) is 0 Å². The first kappa shape index (κ1) is 15.5. The predicted octanol–water partition coefficient (Wildman–Crippen LogP) is 2.61. The molecule has 1 aliphatic rings. The Labute approximate surface area is 122 Å². The van der Waals surface area contributed by atoms with Crippen LogP contribution in [-0.4, -0.2) is 11.9 Å². The first-order valence-corrected chi connectivity index (χ1v) is 6.73. The van der Waals surface area contributed by atoms with E-state index in [1.165, 1.54) is 0 Å². The molecule has 18 heavy (non-hydrogen) atoms. The highest BCUT2D eigenvalue weighted by Crippen LogP contribution is 2.24. The number of nitrogens with one attached hydrogen (secondary N) is 1. The van der Waals surface area contributed by atoms with E-state index in [9.17, 15) is 4.79 Å². The second kappa shape index (κ2) is 7.12. The number of nitrogens with two attached hydrogens (primary N) is 1. The van der Waals surface area contributed by atoms with Crippen LogP contribution < -0.4 is 11.1 Å². The summed E-state index contributed by atoms with van der Waals surface area (Å²) in [4.78, 5) is 11.9. The fraction of sp³-hybridized carbons (Fsp3) is 0.462. The summed E-state index contributed by atoms with van der Waals surface area (Å²) in [6.07, 6.45) is 2.71. The largest absolute Gasteiger partial charge is 0.352 e. The summed E-state index contributed by atoms with van der Waals surface area (Å²) in [6.45, 7) is 0.575. The van der Waals surface area contributed by atoms with Crippen molar-refractivity contribution in [3.63, 3.8) is 0 Å². The number of benzene rings is 1. The van der Waals surface area contributed by atoms with Crippen LogP contribution in [0.15, 0.2) is 28.7 Å². The van der Waals surface area contributed by atoms with Crippen LogP contribution in [0.2, 0.25) is 0 Å². The maximum Gasteiger partial charge on any atom is 0.223 e. The summed E-state index contributed by atoms with van der Waals surface area (Å²) in [6, 6.07) is 8.12. The number of halogens is 2. The smallest absolute Gasteiger partial charge is 0.223 e. The average molecular weight is 334 g/mol. The molecule has 0 spiro atoms. The molecule has 0 aromatic heterocycles. The molecule has 3 N–H and O–H groups in total. The summed E-state index contributed by atoms with van der Waals surface area (Å²) in [7, 11) is 0. The summed E-state index contributed by atoms with van der Waals surface area (Å²) < 4.78 is 1.03. The second-order valence-electron chi connectivity index (χ2n) is 4.58. The van der Waals surface area contributed by atoms with Crippen LogP contribution in [0.3, 0.4) is 0 Å². The van der Waals surface area contributed by atoms with E-state index in [1.807, 2.05) is 24.3 Å². The molecule has 2 rings (SSSR count). The van der Waals surface area contributed by atoms with Gasteiger partial charge in [0.05, 0.1) is 0 Å². The third kappa shape index (κ3) is 3.97. The lowest BCUT2D eigenvalue weighted by Gasteiger charge is -2.11. The zero-order valence-corrected chi connectivity index (χ0v) is 12.5. The van der Waals surface area contributed by atoms with Gasteiger partial charge < -0.3 is 11.1 Å². The Bertz CT molecular complexity index is 414. The summed E-state index contributed by atoms with van der Waals surface area (Å²) in [5.74, 6) is 0.237. The van der Waals surface area contributed by atoms with E-state index in [4.69, 9.17) is 5.73 Å². The Morgan fingerprint density at radius 3 is 2.72 bits per heavy atom. The van der Waals surface area contributed by atoms with Gasteiger partial charge in [-0.25, -0.2) is 0 Å². The van der Waals surface area contributed by atoms with Crippen LogP contribution in [0.1, 0.15) is 24.8 Å². The normalized spacial score (nSPS) is 22.3. The van der Waals surface area contributed by atoms with Gasteiger partial charge in [-0.05, 0) is 30.9 Å². The van der Waals surface area contributed by atoms with Crippen molar-refractivity contribution in [3.05, 3.63) is 34.3 Å².